The Morgan fingerprint density at radius 3 is 1.96 bits per heavy atom. The Labute approximate surface area is 155 Å². The second-order valence-corrected chi connectivity index (χ2v) is 5.94. The number of ether oxygens (including phenoxy) is 1. The summed E-state index contributed by atoms with van der Waals surface area (Å²) in [5.41, 5.74) is 1.33. The van der Waals surface area contributed by atoms with Gasteiger partial charge in [-0.3, -0.25) is 10.1 Å². The zero-order valence-electron chi connectivity index (χ0n) is 13.5. The van der Waals surface area contributed by atoms with Gasteiger partial charge in [0.2, 0.25) is 0 Å². The molecule has 3 aromatic rings. The number of halogens is 1. The van der Waals surface area contributed by atoms with Crippen LogP contribution in [0.1, 0.15) is 27.6 Å². The number of hydrogen-bond acceptors (Lipinski definition) is 4. The van der Waals surface area contributed by atoms with Crippen LogP contribution in [0.5, 0.6) is 0 Å². The van der Waals surface area contributed by atoms with E-state index in [0.717, 1.165) is 17.2 Å². The highest BCUT2D eigenvalue weighted by molar-refractivity contribution is 6.32. The topological polar surface area (TPSA) is 69.4 Å². The van der Waals surface area contributed by atoms with E-state index in [1.54, 1.807) is 0 Å². The van der Waals surface area contributed by atoms with Crippen LogP contribution in [0.3, 0.4) is 0 Å². The van der Waals surface area contributed by atoms with Crippen molar-refractivity contribution in [1.82, 2.24) is 0 Å². The number of nitrogens with zero attached hydrogens (tertiary/aromatic N) is 1. The Kier molecular flexibility index (Phi) is 5.29. The molecule has 0 aliphatic carbocycles. The molecule has 0 spiro atoms. The van der Waals surface area contributed by atoms with E-state index in [1.165, 1.54) is 12.1 Å². The fourth-order valence-electron chi connectivity index (χ4n) is 2.54. The summed E-state index contributed by atoms with van der Waals surface area (Å²) in [5.74, 6) is -0.664. The van der Waals surface area contributed by atoms with Crippen molar-refractivity contribution in [1.29, 1.82) is 0 Å². The molecule has 0 saturated carbocycles. The van der Waals surface area contributed by atoms with Gasteiger partial charge in [-0.15, -0.1) is 0 Å². The third-order valence-electron chi connectivity index (χ3n) is 3.81. The number of carbonyl (C=O) groups is 1. The summed E-state index contributed by atoms with van der Waals surface area (Å²) >= 11 is 5.80. The molecule has 0 aliphatic heterocycles. The van der Waals surface area contributed by atoms with Crippen molar-refractivity contribution >= 4 is 23.3 Å². The minimum absolute atomic E-state index is 0.0331. The SMILES string of the molecule is O=C(OC(c1ccccc1)c1ccccc1)c1ccc(Cl)c([N+](=O)[O-])c1. The maximum Gasteiger partial charge on any atom is 0.339 e. The van der Waals surface area contributed by atoms with E-state index < -0.39 is 17.0 Å². The third kappa shape index (κ3) is 3.90. The first-order chi connectivity index (χ1) is 12.6. The van der Waals surface area contributed by atoms with Crippen LogP contribution in [0.15, 0.2) is 78.9 Å². The van der Waals surface area contributed by atoms with E-state index in [0.29, 0.717) is 0 Å². The molecule has 26 heavy (non-hydrogen) atoms. The van der Waals surface area contributed by atoms with Gasteiger partial charge in [0, 0.05) is 6.07 Å². The van der Waals surface area contributed by atoms with Crippen molar-refractivity contribution in [2.45, 2.75) is 6.10 Å². The van der Waals surface area contributed by atoms with Crippen molar-refractivity contribution in [3.63, 3.8) is 0 Å². The fraction of sp³-hybridized carbons (Fsp3) is 0.0500. The van der Waals surface area contributed by atoms with Crippen LogP contribution in [0.25, 0.3) is 0 Å². The van der Waals surface area contributed by atoms with Gasteiger partial charge >= 0.3 is 5.97 Å². The van der Waals surface area contributed by atoms with E-state index >= 15 is 0 Å². The van der Waals surface area contributed by atoms with Gasteiger partial charge in [-0.05, 0) is 23.3 Å². The molecular formula is C20H14ClNO4. The summed E-state index contributed by atoms with van der Waals surface area (Å²) in [5, 5.41) is 11.0. The largest absolute Gasteiger partial charge is 0.449 e. The number of nitro benzene ring substituents is 1. The van der Waals surface area contributed by atoms with Gasteiger partial charge in [0.15, 0.2) is 6.10 Å². The molecule has 3 rings (SSSR count). The molecule has 6 heteroatoms. The van der Waals surface area contributed by atoms with Crippen molar-refractivity contribution < 1.29 is 14.5 Å². The van der Waals surface area contributed by atoms with E-state index in [-0.39, 0.29) is 16.3 Å². The monoisotopic (exact) mass is 367 g/mol. The first-order valence-electron chi connectivity index (χ1n) is 7.81. The summed E-state index contributed by atoms with van der Waals surface area (Å²) in [7, 11) is 0. The number of hydrogen-bond donors (Lipinski definition) is 0. The summed E-state index contributed by atoms with van der Waals surface area (Å²) in [6.07, 6.45) is -0.625. The summed E-state index contributed by atoms with van der Waals surface area (Å²) in [4.78, 5) is 23.0. The highest BCUT2D eigenvalue weighted by Gasteiger charge is 2.22. The predicted molar refractivity (Wildman–Crippen MR) is 98.2 cm³/mol. The van der Waals surface area contributed by atoms with Gasteiger partial charge in [0.1, 0.15) is 5.02 Å². The Morgan fingerprint density at radius 2 is 1.46 bits per heavy atom. The maximum atomic E-state index is 12.6. The molecule has 0 fully saturated rings. The molecule has 0 saturated heterocycles. The smallest absolute Gasteiger partial charge is 0.339 e. The van der Waals surface area contributed by atoms with E-state index in [2.05, 4.69) is 0 Å². The molecule has 0 radical (unpaired) electrons. The number of nitro groups is 1. The Balaban J connectivity index is 1.94. The van der Waals surface area contributed by atoms with Gasteiger partial charge in [0.05, 0.1) is 10.5 Å². The molecule has 0 N–H and O–H groups in total. The second kappa shape index (κ2) is 7.80. The van der Waals surface area contributed by atoms with Crippen molar-refractivity contribution in [2.75, 3.05) is 0 Å². The van der Waals surface area contributed by atoms with Gasteiger partial charge in [-0.1, -0.05) is 72.3 Å². The summed E-state index contributed by atoms with van der Waals surface area (Å²) in [6.45, 7) is 0. The van der Waals surface area contributed by atoms with Gasteiger partial charge in [-0.2, -0.15) is 0 Å². The Bertz CT molecular complexity index is 890. The lowest BCUT2D eigenvalue weighted by Gasteiger charge is -2.19. The molecule has 0 amide bonds. The van der Waals surface area contributed by atoms with Crippen LogP contribution in [0.4, 0.5) is 5.69 Å². The highest BCUT2D eigenvalue weighted by Crippen LogP contribution is 2.29. The normalized spacial score (nSPS) is 10.5. The quantitative estimate of drug-likeness (QED) is 0.353. The molecular weight excluding hydrogens is 354 g/mol. The van der Waals surface area contributed by atoms with Crippen molar-refractivity contribution in [3.05, 3.63) is 111 Å². The zero-order chi connectivity index (χ0) is 18.5. The minimum atomic E-state index is -0.664. The molecule has 130 valence electrons. The third-order valence-corrected chi connectivity index (χ3v) is 4.13. The minimum Gasteiger partial charge on any atom is -0.449 e. The molecule has 0 aromatic heterocycles. The second-order valence-electron chi connectivity index (χ2n) is 5.53. The van der Waals surface area contributed by atoms with Crippen LogP contribution < -0.4 is 0 Å². The van der Waals surface area contributed by atoms with E-state index in [9.17, 15) is 14.9 Å². The standard InChI is InChI=1S/C20H14ClNO4/c21-17-12-11-16(13-18(17)22(24)25)20(23)26-19(14-7-3-1-4-8-14)15-9-5-2-6-10-15/h1-13,19H. The Hall–Kier alpha value is -3.18. The molecule has 0 atom stereocenters. The first-order valence-corrected chi connectivity index (χ1v) is 8.19. The van der Waals surface area contributed by atoms with Gasteiger partial charge in [0.25, 0.3) is 5.69 Å². The van der Waals surface area contributed by atoms with E-state index in [1.807, 2.05) is 60.7 Å². The van der Waals surface area contributed by atoms with Crippen LogP contribution in [-0.2, 0) is 4.74 Å². The number of carbonyl (C=O) groups excluding carboxylic acids is 1. The van der Waals surface area contributed by atoms with Gasteiger partial charge in [-0.25, -0.2) is 4.79 Å². The average molecular weight is 368 g/mol. The summed E-state index contributed by atoms with van der Waals surface area (Å²) < 4.78 is 5.68. The zero-order valence-corrected chi connectivity index (χ0v) is 14.3. The first kappa shape index (κ1) is 17.6. The molecule has 0 heterocycles. The lowest BCUT2D eigenvalue weighted by molar-refractivity contribution is -0.384. The lowest BCUT2D eigenvalue weighted by atomic mass is 10.0. The number of rotatable bonds is 5. The van der Waals surface area contributed by atoms with Crippen molar-refractivity contribution in [2.24, 2.45) is 0 Å². The molecule has 5 nitrogen and oxygen atoms in total. The molecule has 0 bridgehead atoms. The molecule has 0 unspecified atom stereocenters. The molecule has 3 aromatic carbocycles. The van der Waals surface area contributed by atoms with Crippen LogP contribution in [0, 0.1) is 10.1 Å². The summed E-state index contributed by atoms with van der Waals surface area (Å²) in [6, 6.07) is 22.4. The number of esters is 1. The fourth-order valence-corrected chi connectivity index (χ4v) is 2.73. The van der Waals surface area contributed by atoms with Crippen LogP contribution in [0.2, 0.25) is 5.02 Å². The van der Waals surface area contributed by atoms with Crippen LogP contribution in [-0.4, -0.2) is 10.9 Å². The molecule has 0 aliphatic rings. The predicted octanol–water partition coefficient (Wildman–Crippen LogP) is 5.19. The number of benzene rings is 3. The van der Waals surface area contributed by atoms with Crippen molar-refractivity contribution in [3.8, 4) is 0 Å². The van der Waals surface area contributed by atoms with E-state index in [4.69, 9.17) is 16.3 Å². The highest BCUT2D eigenvalue weighted by atomic mass is 35.5. The Morgan fingerprint density at radius 1 is 0.923 bits per heavy atom. The van der Waals surface area contributed by atoms with Crippen LogP contribution >= 0.6 is 11.6 Å². The lowest BCUT2D eigenvalue weighted by Crippen LogP contribution is -2.13. The average Bonchev–Trinajstić information content (AvgIpc) is 2.67. The van der Waals surface area contributed by atoms with Gasteiger partial charge < -0.3 is 4.74 Å². The maximum absolute atomic E-state index is 12.6.